The number of carbonyl (C=O) groups excluding carboxylic acids is 2. The number of fused-ring (bicyclic) bond motifs is 1. The van der Waals surface area contributed by atoms with Gasteiger partial charge in [0, 0.05) is 29.8 Å². The number of nitrogens with one attached hydrogen (secondary N) is 2. The minimum atomic E-state index is -0.930. The summed E-state index contributed by atoms with van der Waals surface area (Å²) in [6.07, 6.45) is 0.00177. The summed E-state index contributed by atoms with van der Waals surface area (Å²) in [5.41, 5.74) is -0.792. The number of benzene rings is 2. The van der Waals surface area contributed by atoms with Gasteiger partial charge < -0.3 is 29.6 Å². The summed E-state index contributed by atoms with van der Waals surface area (Å²) >= 11 is 11.9. The zero-order valence-corrected chi connectivity index (χ0v) is 24.9. The number of hydrogen-bond donors (Lipinski definition) is 2. The van der Waals surface area contributed by atoms with E-state index < -0.39 is 29.2 Å². The van der Waals surface area contributed by atoms with Gasteiger partial charge >= 0.3 is 12.2 Å². The van der Waals surface area contributed by atoms with E-state index in [4.69, 9.17) is 42.1 Å². The molecule has 1 aromatic heterocycles. The average Bonchev–Trinajstić information content (AvgIpc) is 2.81. The van der Waals surface area contributed by atoms with E-state index in [1.165, 1.54) is 24.5 Å². The van der Waals surface area contributed by atoms with Gasteiger partial charge in [0.25, 0.3) is 0 Å². The molecule has 1 saturated carbocycles. The van der Waals surface area contributed by atoms with E-state index in [9.17, 15) is 14.0 Å². The number of hydrogen-bond acceptors (Lipinski definition) is 9. The van der Waals surface area contributed by atoms with Crippen molar-refractivity contribution in [2.45, 2.75) is 77.7 Å². The fourth-order valence-corrected chi connectivity index (χ4v) is 4.13. The molecule has 1 fully saturated rings. The average molecular weight is 609 g/mol. The second-order valence-electron chi connectivity index (χ2n) is 11.6. The first-order valence-corrected chi connectivity index (χ1v) is 13.6. The summed E-state index contributed by atoms with van der Waals surface area (Å²) in [7, 11) is 0. The number of amides is 1. The van der Waals surface area contributed by atoms with Crippen molar-refractivity contribution < 1.29 is 32.9 Å². The molecule has 0 aliphatic heterocycles. The largest absolute Gasteiger partial charge is 0.514 e. The summed E-state index contributed by atoms with van der Waals surface area (Å²) in [6, 6.07) is 5.96. The van der Waals surface area contributed by atoms with Gasteiger partial charge in [-0.2, -0.15) is 0 Å². The van der Waals surface area contributed by atoms with Gasteiger partial charge in [-0.15, -0.1) is 0 Å². The van der Waals surface area contributed by atoms with Crippen LogP contribution in [0.5, 0.6) is 11.5 Å². The molecular formula is C28H31Cl2FN4O6. The van der Waals surface area contributed by atoms with Crippen molar-refractivity contribution >= 4 is 57.9 Å². The van der Waals surface area contributed by atoms with E-state index in [-0.39, 0.29) is 45.3 Å². The van der Waals surface area contributed by atoms with Crippen LogP contribution < -0.4 is 20.1 Å². The minimum absolute atomic E-state index is 0.0449. The number of nitrogens with zero attached hydrogens (tertiary/aromatic N) is 2. The minimum Gasteiger partial charge on any atom is -0.486 e. The Bertz CT molecular complexity index is 1470. The third-order valence-electron chi connectivity index (χ3n) is 5.67. The van der Waals surface area contributed by atoms with Crippen molar-refractivity contribution in [2.24, 2.45) is 0 Å². The quantitative estimate of drug-likeness (QED) is 0.166. The molecule has 0 bridgehead atoms. The number of rotatable bonds is 6. The SMILES string of the molecule is CC(C)(C)NC(=O)OC1CC(Oc2cc3c(Nc4ccc(Cl)c(Cl)c4F)ncnc3cc2OC(=O)OC(C)(C)C)C1. The molecule has 1 heterocycles. The summed E-state index contributed by atoms with van der Waals surface area (Å²) < 4.78 is 37.2. The Morgan fingerprint density at radius 3 is 2.37 bits per heavy atom. The van der Waals surface area contributed by atoms with Gasteiger partial charge in [-0.1, -0.05) is 23.2 Å². The molecule has 13 heteroatoms. The summed E-state index contributed by atoms with van der Waals surface area (Å²) in [5.74, 6) is -0.247. The maximum atomic E-state index is 14.8. The second-order valence-corrected chi connectivity index (χ2v) is 12.4. The van der Waals surface area contributed by atoms with Gasteiger partial charge in [0.05, 0.1) is 21.2 Å². The van der Waals surface area contributed by atoms with E-state index in [1.807, 2.05) is 20.8 Å². The lowest BCUT2D eigenvalue weighted by Crippen LogP contribution is -2.46. The molecule has 0 unspecified atom stereocenters. The predicted octanol–water partition coefficient (Wildman–Crippen LogP) is 7.57. The molecule has 4 rings (SSSR count). The summed E-state index contributed by atoms with van der Waals surface area (Å²) in [6.45, 7) is 10.7. The predicted molar refractivity (Wildman–Crippen MR) is 153 cm³/mol. The molecule has 2 aromatic carbocycles. The van der Waals surface area contributed by atoms with E-state index in [0.29, 0.717) is 23.7 Å². The third kappa shape index (κ3) is 8.01. The lowest BCUT2D eigenvalue weighted by molar-refractivity contribution is -0.0261. The first kappa shape index (κ1) is 30.4. The lowest BCUT2D eigenvalue weighted by Gasteiger charge is -2.35. The van der Waals surface area contributed by atoms with E-state index in [0.717, 1.165) is 0 Å². The smallest absolute Gasteiger partial charge is 0.486 e. The van der Waals surface area contributed by atoms with Gasteiger partial charge in [-0.05, 0) is 59.7 Å². The van der Waals surface area contributed by atoms with Crippen molar-refractivity contribution in [1.82, 2.24) is 15.3 Å². The molecule has 0 saturated heterocycles. The molecule has 0 atom stereocenters. The van der Waals surface area contributed by atoms with Gasteiger partial charge in [0.2, 0.25) is 0 Å². The summed E-state index contributed by atoms with van der Waals surface area (Å²) in [5, 5.41) is 5.94. The molecule has 0 radical (unpaired) electrons. The fourth-order valence-electron chi connectivity index (χ4n) is 3.82. The zero-order chi connectivity index (χ0) is 30.1. The highest BCUT2D eigenvalue weighted by molar-refractivity contribution is 6.42. The van der Waals surface area contributed by atoms with E-state index in [1.54, 1.807) is 26.8 Å². The van der Waals surface area contributed by atoms with Crippen LogP contribution >= 0.6 is 23.2 Å². The molecule has 1 aliphatic rings. The van der Waals surface area contributed by atoms with E-state index >= 15 is 0 Å². The monoisotopic (exact) mass is 608 g/mol. The van der Waals surface area contributed by atoms with Crippen molar-refractivity contribution in [3.63, 3.8) is 0 Å². The molecule has 1 amide bonds. The maximum absolute atomic E-state index is 14.8. The number of halogens is 3. The Morgan fingerprint density at radius 1 is 1.00 bits per heavy atom. The number of carbonyl (C=O) groups is 2. The van der Waals surface area contributed by atoms with Crippen molar-refractivity contribution in [1.29, 1.82) is 0 Å². The van der Waals surface area contributed by atoms with Crippen molar-refractivity contribution in [2.75, 3.05) is 5.32 Å². The third-order valence-corrected chi connectivity index (χ3v) is 6.45. The van der Waals surface area contributed by atoms with Crippen LogP contribution in [0.15, 0.2) is 30.6 Å². The van der Waals surface area contributed by atoms with Crippen LogP contribution in [0.4, 0.5) is 25.5 Å². The van der Waals surface area contributed by atoms with Crippen LogP contribution in [-0.2, 0) is 9.47 Å². The highest BCUT2D eigenvalue weighted by Gasteiger charge is 2.35. The fraction of sp³-hybridized carbons (Fsp3) is 0.429. The highest BCUT2D eigenvalue weighted by Crippen LogP contribution is 2.39. The zero-order valence-electron chi connectivity index (χ0n) is 23.4. The Hall–Kier alpha value is -3.57. The Morgan fingerprint density at radius 2 is 1.71 bits per heavy atom. The molecule has 3 aromatic rings. The normalized spacial score (nSPS) is 16.9. The molecule has 10 nitrogen and oxygen atoms in total. The standard InChI is InChI=1S/C28H31Cl2FN4O6/c1-27(2,3)35-25(36)39-15-9-14(10-15)38-20-11-16-19(12-21(20)40-26(37)41-28(4,5)6)32-13-33-24(16)34-18-8-7-17(29)22(30)23(18)31/h7-8,11-15H,9-10H2,1-6H3,(H,35,36)(H,32,33,34). The Kier molecular flexibility index (Phi) is 8.70. The number of alkyl carbamates (subject to hydrolysis) is 1. The summed E-state index contributed by atoms with van der Waals surface area (Å²) in [4.78, 5) is 33.1. The highest BCUT2D eigenvalue weighted by atomic mass is 35.5. The van der Waals surface area contributed by atoms with Gasteiger partial charge in [-0.3, -0.25) is 0 Å². The van der Waals surface area contributed by atoms with Crippen LogP contribution in [0.25, 0.3) is 10.9 Å². The Balaban J connectivity index is 1.60. The van der Waals surface area contributed by atoms with Crippen LogP contribution in [0, 0.1) is 5.82 Å². The van der Waals surface area contributed by atoms with Gasteiger partial charge in [-0.25, -0.2) is 23.9 Å². The molecule has 41 heavy (non-hydrogen) atoms. The van der Waals surface area contributed by atoms with Crippen LogP contribution in [0.3, 0.4) is 0 Å². The van der Waals surface area contributed by atoms with Crippen LogP contribution in [-0.4, -0.2) is 45.6 Å². The maximum Gasteiger partial charge on any atom is 0.514 e. The van der Waals surface area contributed by atoms with Crippen molar-refractivity contribution in [3.05, 3.63) is 46.5 Å². The number of anilines is 2. The number of aromatic nitrogens is 2. The molecule has 0 spiro atoms. The first-order valence-electron chi connectivity index (χ1n) is 12.8. The van der Waals surface area contributed by atoms with Gasteiger partial charge in [0.1, 0.15) is 30.0 Å². The van der Waals surface area contributed by atoms with Crippen LogP contribution in [0.2, 0.25) is 10.0 Å². The lowest BCUT2D eigenvalue weighted by atomic mass is 9.92. The second kappa shape index (κ2) is 11.7. The molecule has 2 N–H and O–H groups in total. The molecule has 220 valence electrons. The Labute approximate surface area is 246 Å². The molecular weight excluding hydrogens is 578 g/mol. The van der Waals surface area contributed by atoms with Crippen molar-refractivity contribution in [3.8, 4) is 11.5 Å². The topological polar surface area (TPSA) is 121 Å². The van der Waals surface area contributed by atoms with E-state index in [2.05, 4.69) is 20.6 Å². The first-order chi connectivity index (χ1) is 19.1. The van der Waals surface area contributed by atoms with Gasteiger partial charge in [0.15, 0.2) is 17.3 Å². The van der Waals surface area contributed by atoms with Crippen LogP contribution in [0.1, 0.15) is 54.4 Å². The number of ether oxygens (including phenoxy) is 4. The molecule has 1 aliphatic carbocycles.